The van der Waals surface area contributed by atoms with Crippen molar-refractivity contribution in [2.24, 2.45) is 0 Å². The van der Waals surface area contributed by atoms with Gasteiger partial charge < -0.3 is 10.0 Å². The van der Waals surface area contributed by atoms with Gasteiger partial charge in [0.1, 0.15) is 0 Å². The van der Waals surface area contributed by atoms with Gasteiger partial charge in [-0.25, -0.2) is 0 Å². The highest BCUT2D eigenvalue weighted by Crippen LogP contribution is 1.97. The molecule has 0 fully saturated rings. The maximum atomic E-state index is 8.82. The first-order chi connectivity index (χ1) is 4.52. The minimum Gasteiger partial charge on any atom is -0.513 e. The monoisotopic (exact) mass is 141 g/mol. The molecule has 2 heteroatoms. The topological polar surface area (TPSA) is 23.5 Å². The van der Waals surface area contributed by atoms with Crippen molar-refractivity contribution in [1.82, 2.24) is 4.90 Å². The third kappa shape index (κ3) is 5.38. The molecule has 0 atom stereocenters. The molecule has 0 aromatic heterocycles. The van der Waals surface area contributed by atoms with Crippen molar-refractivity contribution in [3.63, 3.8) is 0 Å². The highest BCUT2D eigenvalue weighted by Gasteiger charge is 1.91. The van der Waals surface area contributed by atoms with Crippen LogP contribution < -0.4 is 0 Å². The average molecular weight is 141 g/mol. The van der Waals surface area contributed by atoms with Crippen LogP contribution in [-0.4, -0.2) is 30.6 Å². The molecule has 0 heterocycles. The Morgan fingerprint density at radius 3 is 2.40 bits per heavy atom. The van der Waals surface area contributed by atoms with Crippen LogP contribution >= 0.6 is 0 Å². The van der Waals surface area contributed by atoms with E-state index in [9.17, 15) is 0 Å². The van der Waals surface area contributed by atoms with Crippen LogP contribution in [0.1, 0.15) is 6.92 Å². The van der Waals surface area contributed by atoms with Gasteiger partial charge in [-0.05, 0) is 32.7 Å². The third-order valence-corrected chi connectivity index (χ3v) is 0.932. The minimum atomic E-state index is 0.312. The number of hydrogen-bond donors (Lipinski definition) is 1. The zero-order valence-corrected chi connectivity index (χ0v) is 6.89. The summed E-state index contributed by atoms with van der Waals surface area (Å²) < 4.78 is 0. The third-order valence-electron chi connectivity index (χ3n) is 0.932. The van der Waals surface area contributed by atoms with E-state index in [0.29, 0.717) is 5.76 Å². The van der Waals surface area contributed by atoms with Gasteiger partial charge in [0, 0.05) is 6.54 Å². The predicted molar refractivity (Wildman–Crippen MR) is 44.1 cm³/mol. The molecule has 0 unspecified atom stereocenters. The zero-order chi connectivity index (χ0) is 8.15. The summed E-state index contributed by atoms with van der Waals surface area (Å²) in [4.78, 5) is 2.00. The Morgan fingerprint density at radius 1 is 1.60 bits per heavy atom. The molecule has 0 amide bonds. The molecule has 10 heavy (non-hydrogen) atoms. The van der Waals surface area contributed by atoms with E-state index < -0.39 is 0 Å². The lowest BCUT2D eigenvalue weighted by atomic mass is 10.2. The van der Waals surface area contributed by atoms with Crippen molar-refractivity contribution < 1.29 is 5.11 Å². The smallest absolute Gasteiger partial charge is 0.0894 e. The molecule has 58 valence electrons. The molecule has 1 N–H and O–H groups in total. The van der Waals surface area contributed by atoms with E-state index in [1.165, 1.54) is 0 Å². The van der Waals surface area contributed by atoms with Gasteiger partial charge in [0.15, 0.2) is 0 Å². The van der Waals surface area contributed by atoms with E-state index >= 15 is 0 Å². The van der Waals surface area contributed by atoms with Gasteiger partial charge in [0.2, 0.25) is 0 Å². The van der Waals surface area contributed by atoms with Crippen LogP contribution in [0.15, 0.2) is 24.0 Å². The minimum absolute atomic E-state index is 0.312. The first-order valence-electron chi connectivity index (χ1n) is 3.22. The van der Waals surface area contributed by atoms with Gasteiger partial charge in [0.25, 0.3) is 0 Å². The summed E-state index contributed by atoms with van der Waals surface area (Å²) >= 11 is 0. The van der Waals surface area contributed by atoms with Gasteiger partial charge in [0.05, 0.1) is 5.76 Å². The number of aliphatic hydroxyl groups is 1. The number of likely N-dealkylation sites (N-methyl/N-ethyl adjacent to an activating group) is 1. The number of nitrogens with zero attached hydrogens (tertiary/aromatic N) is 1. The van der Waals surface area contributed by atoms with Crippen LogP contribution in [0.5, 0.6) is 0 Å². The second-order valence-corrected chi connectivity index (χ2v) is 2.68. The van der Waals surface area contributed by atoms with Crippen molar-refractivity contribution in [3.05, 3.63) is 24.0 Å². The first-order valence-corrected chi connectivity index (χ1v) is 3.22. The fourth-order valence-electron chi connectivity index (χ4n) is 0.747. The number of allylic oxidation sites excluding steroid dienone is 1. The fraction of sp³-hybridized carbons (Fsp3) is 0.500. The molecule has 0 aliphatic heterocycles. The summed E-state index contributed by atoms with van der Waals surface area (Å²) in [5.74, 6) is 0.312. The van der Waals surface area contributed by atoms with E-state index in [0.717, 1.165) is 12.1 Å². The van der Waals surface area contributed by atoms with Crippen molar-refractivity contribution in [1.29, 1.82) is 0 Å². The molecule has 0 aliphatic rings. The highest BCUT2D eigenvalue weighted by atomic mass is 16.3. The normalized spacial score (nSPS) is 12.2. The first kappa shape index (κ1) is 9.24. The summed E-state index contributed by atoms with van der Waals surface area (Å²) in [5.41, 5.74) is 0.921. The van der Waals surface area contributed by atoms with Crippen molar-refractivity contribution >= 4 is 0 Å². The highest BCUT2D eigenvalue weighted by molar-refractivity contribution is 5.17. The quantitative estimate of drug-likeness (QED) is 0.476. The molecule has 0 bridgehead atoms. The molecule has 2 nitrogen and oxygen atoms in total. The van der Waals surface area contributed by atoms with Crippen LogP contribution in [0.4, 0.5) is 0 Å². The largest absolute Gasteiger partial charge is 0.513 e. The van der Waals surface area contributed by atoms with Gasteiger partial charge in [-0.2, -0.15) is 0 Å². The SMILES string of the molecule is C=C(/C=C(\C)O)CN(C)C. The summed E-state index contributed by atoms with van der Waals surface area (Å²) in [6.45, 7) is 6.19. The predicted octanol–water partition coefficient (Wildman–Crippen LogP) is 1.57. The molecular weight excluding hydrogens is 126 g/mol. The van der Waals surface area contributed by atoms with Crippen LogP contribution in [0.3, 0.4) is 0 Å². The standard InChI is InChI=1S/C8H15NO/c1-7(5-8(2)10)6-9(3)4/h5,10H,1,6H2,2-4H3/b8-5+. The number of rotatable bonds is 3. The van der Waals surface area contributed by atoms with E-state index in [4.69, 9.17) is 5.11 Å². The maximum Gasteiger partial charge on any atom is 0.0894 e. The van der Waals surface area contributed by atoms with Crippen LogP contribution in [0, 0.1) is 0 Å². The Morgan fingerprint density at radius 2 is 2.10 bits per heavy atom. The molecule has 0 spiro atoms. The molecule has 0 saturated carbocycles. The molecule has 0 saturated heterocycles. The van der Waals surface area contributed by atoms with E-state index in [-0.39, 0.29) is 0 Å². The Bertz CT molecular complexity index is 143. The van der Waals surface area contributed by atoms with Gasteiger partial charge in [-0.3, -0.25) is 0 Å². The van der Waals surface area contributed by atoms with E-state index in [1.54, 1.807) is 13.0 Å². The second-order valence-electron chi connectivity index (χ2n) is 2.68. The van der Waals surface area contributed by atoms with Gasteiger partial charge in [-0.15, -0.1) is 0 Å². The lowest BCUT2D eigenvalue weighted by Gasteiger charge is -2.08. The van der Waals surface area contributed by atoms with Crippen LogP contribution in [-0.2, 0) is 0 Å². The fourth-order valence-corrected chi connectivity index (χ4v) is 0.747. The Kier molecular flexibility index (Phi) is 3.81. The Balaban J connectivity index is 3.76. The number of hydrogen-bond acceptors (Lipinski definition) is 2. The van der Waals surface area contributed by atoms with Crippen LogP contribution in [0.2, 0.25) is 0 Å². The summed E-state index contributed by atoms with van der Waals surface area (Å²) in [5, 5.41) is 8.82. The Hall–Kier alpha value is -0.760. The average Bonchev–Trinajstić information content (AvgIpc) is 1.58. The van der Waals surface area contributed by atoms with E-state index in [2.05, 4.69) is 6.58 Å². The van der Waals surface area contributed by atoms with Gasteiger partial charge >= 0.3 is 0 Å². The lowest BCUT2D eigenvalue weighted by Crippen LogP contribution is -2.13. The molecule has 0 aromatic rings. The van der Waals surface area contributed by atoms with Crippen molar-refractivity contribution in [2.45, 2.75) is 6.92 Å². The summed E-state index contributed by atoms with van der Waals surface area (Å²) in [7, 11) is 3.93. The molecular formula is C8H15NO. The van der Waals surface area contributed by atoms with Crippen molar-refractivity contribution in [2.75, 3.05) is 20.6 Å². The van der Waals surface area contributed by atoms with Gasteiger partial charge in [-0.1, -0.05) is 6.58 Å². The second kappa shape index (κ2) is 4.12. The van der Waals surface area contributed by atoms with Crippen LogP contribution in [0.25, 0.3) is 0 Å². The summed E-state index contributed by atoms with van der Waals surface area (Å²) in [6, 6.07) is 0. The molecule has 0 radical (unpaired) electrons. The molecule has 0 aliphatic carbocycles. The molecule has 0 aromatic carbocycles. The number of aliphatic hydroxyl groups excluding tert-OH is 1. The summed E-state index contributed by atoms with van der Waals surface area (Å²) in [6.07, 6.45) is 1.67. The zero-order valence-electron chi connectivity index (χ0n) is 6.89. The van der Waals surface area contributed by atoms with E-state index in [1.807, 2.05) is 19.0 Å². The Labute approximate surface area is 62.5 Å². The lowest BCUT2D eigenvalue weighted by molar-refractivity contribution is 0.410. The molecule has 0 rings (SSSR count). The van der Waals surface area contributed by atoms with Crippen molar-refractivity contribution in [3.8, 4) is 0 Å². The maximum absolute atomic E-state index is 8.82.